The quantitative estimate of drug-likeness (QED) is 0.902. The summed E-state index contributed by atoms with van der Waals surface area (Å²) in [7, 11) is 2.09. The zero-order chi connectivity index (χ0) is 13.1. The molecule has 2 heterocycles. The summed E-state index contributed by atoms with van der Waals surface area (Å²) in [4.78, 5) is 3.58. The van der Waals surface area contributed by atoms with Crippen LogP contribution in [-0.2, 0) is 6.54 Å². The third-order valence-electron chi connectivity index (χ3n) is 3.01. The molecule has 0 fully saturated rings. The van der Waals surface area contributed by atoms with Crippen molar-refractivity contribution in [2.24, 2.45) is 5.73 Å². The highest BCUT2D eigenvalue weighted by molar-refractivity contribution is 7.09. The number of nitrogens with zero attached hydrogens (tertiary/aromatic N) is 1. The highest BCUT2D eigenvalue weighted by atomic mass is 32.1. The molecule has 0 aliphatic heterocycles. The number of thiophene rings is 1. The summed E-state index contributed by atoms with van der Waals surface area (Å²) < 4.78 is 5.73. The van der Waals surface area contributed by atoms with Crippen LogP contribution in [0.2, 0.25) is 0 Å². The van der Waals surface area contributed by atoms with Crippen molar-refractivity contribution in [2.75, 3.05) is 7.05 Å². The van der Waals surface area contributed by atoms with Gasteiger partial charge in [-0.25, -0.2) is 0 Å². The van der Waals surface area contributed by atoms with Gasteiger partial charge in [-0.3, -0.25) is 4.90 Å². The van der Waals surface area contributed by atoms with Crippen LogP contribution < -0.4 is 5.73 Å². The Hall–Kier alpha value is -1.10. The van der Waals surface area contributed by atoms with Crippen molar-refractivity contribution in [1.82, 2.24) is 4.90 Å². The smallest absolute Gasteiger partial charge is 0.122 e. The molecule has 0 aromatic carbocycles. The van der Waals surface area contributed by atoms with Gasteiger partial charge in [0.1, 0.15) is 11.5 Å². The van der Waals surface area contributed by atoms with E-state index in [0.29, 0.717) is 0 Å². The van der Waals surface area contributed by atoms with Crippen LogP contribution in [0.15, 0.2) is 34.1 Å². The molecule has 2 unspecified atom stereocenters. The highest BCUT2D eigenvalue weighted by Gasteiger charge is 2.24. The summed E-state index contributed by atoms with van der Waals surface area (Å²) in [6.07, 6.45) is 0. The molecule has 0 saturated carbocycles. The first-order valence-electron chi connectivity index (χ1n) is 6.12. The Morgan fingerprint density at radius 3 is 2.67 bits per heavy atom. The zero-order valence-corrected chi connectivity index (χ0v) is 11.9. The summed E-state index contributed by atoms with van der Waals surface area (Å²) in [5.74, 6) is 1.88. The second-order valence-corrected chi connectivity index (χ2v) is 5.78. The molecule has 0 aliphatic carbocycles. The Bertz CT molecular complexity index is 476. The van der Waals surface area contributed by atoms with Crippen molar-refractivity contribution < 1.29 is 4.42 Å². The normalized spacial score (nSPS) is 14.9. The molecule has 2 aromatic rings. The minimum atomic E-state index is 0.0283. The van der Waals surface area contributed by atoms with Gasteiger partial charge >= 0.3 is 0 Å². The maximum Gasteiger partial charge on any atom is 0.122 e. The number of hydrogen-bond acceptors (Lipinski definition) is 4. The number of rotatable bonds is 5. The van der Waals surface area contributed by atoms with E-state index >= 15 is 0 Å². The van der Waals surface area contributed by atoms with Gasteiger partial charge in [0, 0.05) is 17.5 Å². The molecule has 0 saturated heterocycles. The Balaban J connectivity index is 2.15. The third kappa shape index (κ3) is 3.02. The lowest BCUT2D eigenvalue weighted by atomic mass is 10.1. The minimum Gasteiger partial charge on any atom is -0.465 e. The number of hydrogen-bond donors (Lipinski definition) is 1. The molecule has 2 atom stereocenters. The van der Waals surface area contributed by atoms with Crippen molar-refractivity contribution >= 4 is 11.3 Å². The van der Waals surface area contributed by atoms with Crippen LogP contribution in [0.5, 0.6) is 0 Å². The summed E-state index contributed by atoms with van der Waals surface area (Å²) in [6.45, 7) is 4.87. The number of aryl methyl sites for hydroxylation is 1. The molecule has 2 N–H and O–H groups in total. The van der Waals surface area contributed by atoms with Crippen molar-refractivity contribution in [3.63, 3.8) is 0 Å². The van der Waals surface area contributed by atoms with Gasteiger partial charge in [0.15, 0.2) is 0 Å². The van der Waals surface area contributed by atoms with Gasteiger partial charge in [0.25, 0.3) is 0 Å². The molecule has 0 radical (unpaired) electrons. The van der Waals surface area contributed by atoms with Crippen LogP contribution in [0.1, 0.15) is 29.4 Å². The van der Waals surface area contributed by atoms with Crippen LogP contribution in [0.25, 0.3) is 0 Å². The monoisotopic (exact) mass is 264 g/mol. The minimum absolute atomic E-state index is 0.0283. The van der Waals surface area contributed by atoms with Crippen LogP contribution in [-0.4, -0.2) is 18.0 Å². The van der Waals surface area contributed by atoms with Crippen LogP contribution >= 0.6 is 11.3 Å². The molecule has 2 aromatic heterocycles. The van der Waals surface area contributed by atoms with Gasteiger partial charge in [-0.2, -0.15) is 0 Å². The summed E-state index contributed by atoms with van der Waals surface area (Å²) in [5, 5.41) is 2.10. The SMILES string of the molecule is Cc1ccc(C(C(C)N)N(C)Cc2cccs2)o1. The van der Waals surface area contributed by atoms with Crippen molar-refractivity contribution in [2.45, 2.75) is 32.5 Å². The fraction of sp³-hybridized carbons (Fsp3) is 0.429. The maximum absolute atomic E-state index is 6.11. The Labute approximate surface area is 112 Å². The van der Waals surface area contributed by atoms with Gasteiger partial charge in [0.05, 0.1) is 6.04 Å². The molecule has 98 valence electrons. The van der Waals surface area contributed by atoms with E-state index in [1.165, 1.54) is 4.88 Å². The number of likely N-dealkylation sites (N-methyl/N-ethyl adjacent to an activating group) is 1. The van der Waals surface area contributed by atoms with Gasteiger partial charge in [-0.1, -0.05) is 6.07 Å². The first-order valence-corrected chi connectivity index (χ1v) is 7.00. The predicted molar refractivity (Wildman–Crippen MR) is 75.6 cm³/mol. The molecule has 0 bridgehead atoms. The van der Waals surface area contributed by atoms with Crippen molar-refractivity contribution in [3.8, 4) is 0 Å². The first-order chi connectivity index (χ1) is 8.58. The second kappa shape index (κ2) is 5.69. The predicted octanol–water partition coefficient (Wildman–Crippen LogP) is 3.17. The Morgan fingerprint density at radius 2 is 2.17 bits per heavy atom. The van der Waals surface area contributed by atoms with Crippen LogP contribution in [0.3, 0.4) is 0 Å². The molecule has 0 amide bonds. The molecule has 4 heteroatoms. The molecule has 2 rings (SSSR count). The van der Waals surface area contributed by atoms with Crippen LogP contribution in [0, 0.1) is 6.92 Å². The van der Waals surface area contributed by atoms with E-state index in [1.807, 2.05) is 26.0 Å². The highest BCUT2D eigenvalue weighted by Crippen LogP contribution is 2.26. The van der Waals surface area contributed by atoms with E-state index in [-0.39, 0.29) is 12.1 Å². The van der Waals surface area contributed by atoms with Crippen LogP contribution in [0.4, 0.5) is 0 Å². The van der Waals surface area contributed by atoms with Gasteiger partial charge in [0.2, 0.25) is 0 Å². The van der Waals surface area contributed by atoms with Gasteiger partial charge in [-0.15, -0.1) is 11.3 Å². The zero-order valence-electron chi connectivity index (χ0n) is 11.1. The van der Waals surface area contributed by atoms with E-state index in [1.54, 1.807) is 11.3 Å². The summed E-state index contributed by atoms with van der Waals surface area (Å²) in [6, 6.07) is 8.37. The third-order valence-corrected chi connectivity index (χ3v) is 3.87. The average molecular weight is 264 g/mol. The van der Waals surface area contributed by atoms with E-state index < -0.39 is 0 Å². The Kier molecular flexibility index (Phi) is 4.22. The standard InChI is InChI=1S/C14H20N2OS/c1-10-6-7-13(17-10)14(11(2)15)16(3)9-12-5-4-8-18-12/h4-8,11,14H,9,15H2,1-3H3. The summed E-state index contributed by atoms with van der Waals surface area (Å²) >= 11 is 1.77. The van der Waals surface area contributed by atoms with E-state index in [9.17, 15) is 0 Å². The topological polar surface area (TPSA) is 42.4 Å². The Morgan fingerprint density at radius 1 is 1.39 bits per heavy atom. The van der Waals surface area contributed by atoms with Gasteiger partial charge in [-0.05, 0) is 44.5 Å². The second-order valence-electron chi connectivity index (χ2n) is 4.75. The first kappa shape index (κ1) is 13.3. The van der Waals surface area contributed by atoms with E-state index in [0.717, 1.165) is 18.1 Å². The number of furan rings is 1. The fourth-order valence-corrected chi connectivity index (χ4v) is 3.00. The van der Waals surface area contributed by atoms with Gasteiger partial charge < -0.3 is 10.2 Å². The lowest BCUT2D eigenvalue weighted by Crippen LogP contribution is -2.36. The maximum atomic E-state index is 6.11. The summed E-state index contributed by atoms with van der Waals surface area (Å²) in [5.41, 5.74) is 6.11. The lowest BCUT2D eigenvalue weighted by Gasteiger charge is -2.29. The molecule has 0 aliphatic rings. The fourth-order valence-electron chi connectivity index (χ4n) is 2.24. The largest absolute Gasteiger partial charge is 0.465 e. The van der Waals surface area contributed by atoms with Crippen molar-refractivity contribution in [1.29, 1.82) is 0 Å². The lowest BCUT2D eigenvalue weighted by molar-refractivity contribution is 0.184. The number of nitrogens with two attached hydrogens (primary N) is 1. The molecular formula is C14H20N2OS. The molecular weight excluding hydrogens is 244 g/mol. The van der Waals surface area contributed by atoms with E-state index in [4.69, 9.17) is 10.2 Å². The molecule has 3 nitrogen and oxygen atoms in total. The van der Waals surface area contributed by atoms with Crippen molar-refractivity contribution in [3.05, 3.63) is 46.0 Å². The molecule has 18 heavy (non-hydrogen) atoms. The average Bonchev–Trinajstić information content (AvgIpc) is 2.90. The van der Waals surface area contributed by atoms with E-state index in [2.05, 4.69) is 29.5 Å². The molecule has 0 spiro atoms.